The monoisotopic (exact) mass is 291 g/mol. The van der Waals surface area contributed by atoms with Crippen molar-refractivity contribution >= 4 is 18.0 Å². The Morgan fingerprint density at radius 3 is 2.45 bits per heavy atom. The Kier molecular flexibility index (Phi) is 4.84. The van der Waals surface area contributed by atoms with E-state index in [0.29, 0.717) is 0 Å². The lowest BCUT2D eigenvalue weighted by Gasteiger charge is -2.09. The third kappa shape index (κ3) is 5.09. The number of carboxylic acid groups (broad SMARTS) is 1. The first-order valence-electron chi connectivity index (χ1n) is 5.24. The van der Waals surface area contributed by atoms with Gasteiger partial charge in [0.05, 0.1) is 5.56 Å². The lowest BCUT2D eigenvalue weighted by molar-refractivity contribution is -0.131. The number of hydrogen-bond donors (Lipinski definition) is 2. The summed E-state index contributed by atoms with van der Waals surface area (Å²) in [5.74, 6) is -3.48. The molecule has 8 heteroatoms. The molecule has 0 saturated carbocycles. The Labute approximate surface area is 110 Å². The molecule has 0 bridgehead atoms. The molecule has 0 aromatic heterocycles. The molecule has 0 saturated heterocycles. The molecule has 0 aliphatic carbocycles. The molecule has 20 heavy (non-hydrogen) atoms. The second kappa shape index (κ2) is 6.18. The Hall–Kier alpha value is -2.38. The van der Waals surface area contributed by atoms with Crippen molar-refractivity contribution in [3.8, 4) is 0 Å². The highest BCUT2D eigenvalue weighted by Gasteiger charge is 2.28. The first-order chi connectivity index (χ1) is 9.19. The van der Waals surface area contributed by atoms with Gasteiger partial charge in [-0.25, -0.2) is 9.18 Å². The lowest BCUT2D eigenvalue weighted by Crippen LogP contribution is -2.34. The SMILES string of the molecule is O=C(O)C=Cc1ccc(C(=O)NCC(F)(F)F)c(F)c1. The van der Waals surface area contributed by atoms with E-state index in [1.807, 2.05) is 0 Å². The molecule has 1 aromatic rings. The summed E-state index contributed by atoms with van der Waals surface area (Å²) < 4.78 is 49.2. The fraction of sp³-hybridized carbons (Fsp3) is 0.167. The Bertz CT molecular complexity index is 552. The van der Waals surface area contributed by atoms with Gasteiger partial charge in [0.15, 0.2) is 0 Å². The van der Waals surface area contributed by atoms with E-state index in [2.05, 4.69) is 0 Å². The van der Waals surface area contributed by atoms with Crippen LogP contribution in [-0.2, 0) is 4.79 Å². The highest BCUT2D eigenvalue weighted by atomic mass is 19.4. The first kappa shape index (κ1) is 15.7. The van der Waals surface area contributed by atoms with Crippen molar-refractivity contribution in [2.75, 3.05) is 6.54 Å². The number of aliphatic carboxylic acids is 1. The van der Waals surface area contributed by atoms with Crippen LogP contribution < -0.4 is 5.32 Å². The molecule has 108 valence electrons. The molecule has 0 radical (unpaired) electrons. The number of nitrogens with one attached hydrogen (secondary N) is 1. The first-order valence-corrected chi connectivity index (χ1v) is 5.24. The number of alkyl halides is 3. The van der Waals surface area contributed by atoms with Crippen molar-refractivity contribution in [2.24, 2.45) is 0 Å². The van der Waals surface area contributed by atoms with Crippen molar-refractivity contribution < 1.29 is 32.3 Å². The lowest BCUT2D eigenvalue weighted by atomic mass is 10.1. The van der Waals surface area contributed by atoms with Crippen LogP contribution in [0.25, 0.3) is 6.08 Å². The van der Waals surface area contributed by atoms with Gasteiger partial charge in [0.25, 0.3) is 5.91 Å². The van der Waals surface area contributed by atoms with E-state index in [-0.39, 0.29) is 5.56 Å². The van der Waals surface area contributed by atoms with E-state index in [1.54, 1.807) is 0 Å². The molecule has 2 N–H and O–H groups in total. The summed E-state index contributed by atoms with van der Waals surface area (Å²) >= 11 is 0. The second-order valence-corrected chi connectivity index (χ2v) is 3.71. The standard InChI is InChI=1S/C12H9F4NO3/c13-9-5-7(2-4-10(18)19)1-3-8(9)11(20)17-6-12(14,15)16/h1-5H,6H2,(H,17,20)(H,18,19). The molecule has 0 atom stereocenters. The predicted octanol–water partition coefficient (Wildman–Crippen LogP) is 2.22. The van der Waals surface area contributed by atoms with Crippen molar-refractivity contribution in [1.29, 1.82) is 0 Å². The number of benzene rings is 1. The molecular weight excluding hydrogens is 282 g/mol. The van der Waals surface area contributed by atoms with Crippen LogP contribution in [0.4, 0.5) is 17.6 Å². The van der Waals surface area contributed by atoms with Gasteiger partial charge >= 0.3 is 12.1 Å². The molecule has 1 aromatic carbocycles. The van der Waals surface area contributed by atoms with Gasteiger partial charge in [-0.15, -0.1) is 0 Å². The molecule has 0 unspecified atom stereocenters. The van der Waals surface area contributed by atoms with Crippen molar-refractivity contribution in [3.05, 3.63) is 41.2 Å². The predicted molar refractivity (Wildman–Crippen MR) is 61.5 cm³/mol. The van der Waals surface area contributed by atoms with Gasteiger partial charge in [-0.2, -0.15) is 13.2 Å². The molecule has 4 nitrogen and oxygen atoms in total. The van der Waals surface area contributed by atoms with E-state index < -0.39 is 36.0 Å². The Morgan fingerprint density at radius 2 is 1.95 bits per heavy atom. The van der Waals surface area contributed by atoms with E-state index in [4.69, 9.17) is 5.11 Å². The van der Waals surface area contributed by atoms with Crippen LogP contribution in [0.5, 0.6) is 0 Å². The van der Waals surface area contributed by atoms with Gasteiger partial charge in [0.1, 0.15) is 12.4 Å². The summed E-state index contributed by atoms with van der Waals surface area (Å²) in [6, 6.07) is 3.04. The molecule has 0 aliphatic rings. The normalized spacial score (nSPS) is 11.6. The average Bonchev–Trinajstić information content (AvgIpc) is 2.32. The van der Waals surface area contributed by atoms with E-state index in [9.17, 15) is 27.2 Å². The molecule has 0 fully saturated rings. The summed E-state index contributed by atoms with van der Waals surface area (Å²) in [6.07, 6.45) is -2.74. The van der Waals surface area contributed by atoms with Gasteiger partial charge in [-0.3, -0.25) is 4.79 Å². The van der Waals surface area contributed by atoms with Crippen LogP contribution in [-0.4, -0.2) is 29.7 Å². The fourth-order valence-corrected chi connectivity index (χ4v) is 1.26. The highest BCUT2D eigenvalue weighted by molar-refractivity contribution is 5.94. The van der Waals surface area contributed by atoms with Gasteiger partial charge in [-0.05, 0) is 23.8 Å². The summed E-state index contributed by atoms with van der Waals surface area (Å²) in [6.45, 7) is -1.56. The van der Waals surface area contributed by atoms with Crippen LogP contribution >= 0.6 is 0 Å². The van der Waals surface area contributed by atoms with Crippen LogP contribution in [0.15, 0.2) is 24.3 Å². The van der Waals surface area contributed by atoms with Crippen LogP contribution in [0, 0.1) is 5.82 Å². The van der Waals surface area contributed by atoms with Crippen LogP contribution in [0.3, 0.4) is 0 Å². The number of halogens is 4. The third-order valence-electron chi connectivity index (χ3n) is 2.11. The number of hydrogen-bond acceptors (Lipinski definition) is 2. The van der Waals surface area contributed by atoms with E-state index >= 15 is 0 Å². The van der Waals surface area contributed by atoms with Crippen molar-refractivity contribution in [2.45, 2.75) is 6.18 Å². The summed E-state index contributed by atoms with van der Waals surface area (Å²) in [5.41, 5.74) is -0.390. The molecule has 1 rings (SSSR count). The summed E-state index contributed by atoms with van der Waals surface area (Å²) in [5, 5.41) is 9.92. The largest absolute Gasteiger partial charge is 0.478 e. The smallest absolute Gasteiger partial charge is 0.405 e. The summed E-state index contributed by atoms with van der Waals surface area (Å²) in [7, 11) is 0. The minimum atomic E-state index is -4.59. The van der Waals surface area contributed by atoms with Gasteiger partial charge in [-0.1, -0.05) is 6.07 Å². The quantitative estimate of drug-likeness (QED) is 0.660. The van der Waals surface area contributed by atoms with Gasteiger partial charge in [0, 0.05) is 6.08 Å². The zero-order valence-corrected chi connectivity index (χ0v) is 9.87. The maximum absolute atomic E-state index is 13.5. The third-order valence-corrected chi connectivity index (χ3v) is 2.11. The Morgan fingerprint density at radius 1 is 1.30 bits per heavy atom. The number of rotatable bonds is 4. The maximum atomic E-state index is 13.5. The molecule has 0 spiro atoms. The zero-order chi connectivity index (χ0) is 15.3. The van der Waals surface area contributed by atoms with Crippen LogP contribution in [0.2, 0.25) is 0 Å². The van der Waals surface area contributed by atoms with E-state index in [0.717, 1.165) is 24.3 Å². The second-order valence-electron chi connectivity index (χ2n) is 3.71. The van der Waals surface area contributed by atoms with Crippen molar-refractivity contribution in [1.82, 2.24) is 5.32 Å². The molecule has 1 amide bonds. The number of amides is 1. The maximum Gasteiger partial charge on any atom is 0.405 e. The highest BCUT2D eigenvalue weighted by Crippen LogP contribution is 2.15. The van der Waals surface area contributed by atoms with Gasteiger partial charge < -0.3 is 10.4 Å². The minimum Gasteiger partial charge on any atom is -0.478 e. The van der Waals surface area contributed by atoms with Gasteiger partial charge in [0.2, 0.25) is 0 Å². The minimum absolute atomic E-state index is 0.164. The van der Waals surface area contributed by atoms with Crippen molar-refractivity contribution in [3.63, 3.8) is 0 Å². The average molecular weight is 291 g/mol. The number of carbonyl (C=O) groups excluding carboxylic acids is 1. The molecular formula is C12H9F4NO3. The number of carbonyl (C=O) groups is 2. The zero-order valence-electron chi connectivity index (χ0n) is 9.87. The van der Waals surface area contributed by atoms with E-state index in [1.165, 1.54) is 11.4 Å². The fourth-order valence-electron chi connectivity index (χ4n) is 1.26. The number of carboxylic acids is 1. The molecule has 0 aliphatic heterocycles. The summed E-state index contributed by atoms with van der Waals surface area (Å²) in [4.78, 5) is 21.6. The Balaban J connectivity index is 2.82. The topological polar surface area (TPSA) is 66.4 Å². The molecule has 0 heterocycles. The van der Waals surface area contributed by atoms with Crippen LogP contribution in [0.1, 0.15) is 15.9 Å².